The van der Waals surface area contributed by atoms with Gasteiger partial charge in [0.2, 0.25) is 0 Å². The Morgan fingerprint density at radius 1 is 1.80 bits per heavy atom. The predicted octanol–water partition coefficient (Wildman–Crippen LogP) is 2.22. The van der Waals surface area contributed by atoms with Crippen LogP contribution in [0, 0.1) is 0 Å². The quantitative estimate of drug-likeness (QED) is 0.561. The lowest BCUT2D eigenvalue weighted by Crippen LogP contribution is -2.19. The summed E-state index contributed by atoms with van der Waals surface area (Å²) in [6.45, 7) is 5.50. The Labute approximate surface area is 89.5 Å². The third kappa shape index (κ3) is 3.31. The first-order chi connectivity index (χ1) is 7.17. The molecule has 1 N–H and O–H groups in total. The molecule has 0 saturated heterocycles. The van der Waals surface area contributed by atoms with E-state index in [1.807, 2.05) is 6.92 Å². The molecule has 1 rings (SSSR count). The monoisotopic (exact) mass is 209 g/mol. The zero-order valence-electron chi connectivity index (χ0n) is 9.13. The normalized spacial score (nSPS) is 22.6. The van der Waals surface area contributed by atoms with Crippen molar-refractivity contribution in [1.29, 1.82) is 0 Å². The third-order valence-corrected chi connectivity index (χ3v) is 2.15. The second-order valence-corrected chi connectivity index (χ2v) is 3.41. The van der Waals surface area contributed by atoms with E-state index in [1.165, 1.54) is 0 Å². The Kier molecular flexibility index (Phi) is 4.21. The summed E-state index contributed by atoms with van der Waals surface area (Å²) >= 11 is 0. The molecule has 4 heteroatoms. The number of halogens is 1. The van der Waals surface area contributed by atoms with E-state index < -0.39 is 0 Å². The minimum absolute atomic E-state index is 0.119. The summed E-state index contributed by atoms with van der Waals surface area (Å²) in [5.41, 5.74) is 4.22. The highest BCUT2D eigenvalue weighted by Crippen LogP contribution is 2.16. The van der Waals surface area contributed by atoms with Crippen LogP contribution in [0.25, 0.3) is 0 Å². The number of hydrazone groups is 1. The van der Waals surface area contributed by atoms with Crippen LogP contribution >= 0.6 is 0 Å². The van der Waals surface area contributed by atoms with Crippen molar-refractivity contribution in [3.8, 4) is 0 Å². The Bertz CT molecular complexity index is 329. The number of rotatable bonds is 3. The van der Waals surface area contributed by atoms with Crippen molar-refractivity contribution in [2.45, 2.75) is 25.8 Å². The van der Waals surface area contributed by atoms with Gasteiger partial charge in [-0.15, -0.1) is 0 Å². The maximum Gasteiger partial charge on any atom is 0.102 e. The highest BCUT2D eigenvalue weighted by molar-refractivity contribution is 6.01. The van der Waals surface area contributed by atoms with E-state index in [4.69, 9.17) is 0 Å². The van der Waals surface area contributed by atoms with E-state index in [1.54, 1.807) is 19.2 Å². The molecule has 1 atom stereocenters. The molecule has 1 unspecified atom stereocenters. The van der Waals surface area contributed by atoms with E-state index in [-0.39, 0.29) is 11.9 Å². The zero-order valence-corrected chi connectivity index (χ0v) is 9.13. The second kappa shape index (κ2) is 5.44. The number of allylic oxidation sites excluding steroid dienone is 1. The van der Waals surface area contributed by atoms with Gasteiger partial charge in [0, 0.05) is 19.2 Å². The van der Waals surface area contributed by atoms with Gasteiger partial charge in [0.25, 0.3) is 0 Å². The molecule has 0 aliphatic carbocycles. The highest BCUT2D eigenvalue weighted by Gasteiger charge is 2.15. The van der Waals surface area contributed by atoms with Crippen molar-refractivity contribution < 1.29 is 4.39 Å². The van der Waals surface area contributed by atoms with Gasteiger partial charge in [0.1, 0.15) is 5.83 Å². The average Bonchev–Trinajstić information content (AvgIpc) is 2.36. The van der Waals surface area contributed by atoms with Gasteiger partial charge in [0.15, 0.2) is 0 Å². The van der Waals surface area contributed by atoms with Gasteiger partial charge >= 0.3 is 0 Å². The Hall–Kier alpha value is -1.45. The van der Waals surface area contributed by atoms with Crippen LogP contribution in [0.2, 0.25) is 0 Å². The largest absolute Gasteiger partial charge is 0.313 e. The maximum atomic E-state index is 13.1. The fourth-order valence-corrected chi connectivity index (χ4v) is 1.49. The molecular weight excluding hydrogens is 193 g/mol. The van der Waals surface area contributed by atoms with Crippen LogP contribution in [-0.4, -0.2) is 24.5 Å². The molecule has 1 heterocycles. The minimum atomic E-state index is -0.122. The highest BCUT2D eigenvalue weighted by atomic mass is 19.1. The topological polar surface area (TPSA) is 36.8 Å². The van der Waals surface area contributed by atoms with Crippen LogP contribution in [0.3, 0.4) is 0 Å². The van der Waals surface area contributed by atoms with Crippen LogP contribution in [0.15, 0.2) is 34.7 Å². The van der Waals surface area contributed by atoms with Gasteiger partial charge in [-0.05, 0) is 25.5 Å². The zero-order chi connectivity index (χ0) is 11.3. The lowest BCUT2D eigenvalue weighted by atomic mass is 10.1. The average molecular weight is 209 g/mol. The van der Waals surface area contributed by atoms with Gasteiger partial charge in [-0.25, -0.2) is 4.39 Å². The molecule has 0 spiro atoms. The predicted molar refractivity (Wildman–Crippen MR) is 62.0 cm³/mol. The summed E-state index contributed by atoms with van der Waals surface area (Å²) in [7, 11) is 1.72. The first-order valence-electron chi connectivity index (χ1n) is 4.92. The first kappa shape index (κ1) is 11.6. The number of hydrogen-bond acceptors (Lipinski definition) is 3. The van der Waals surface area contributed by atoms with Crippen molar-refractivity contribution in [1.82, 2.24) is 5.43 Å². The second-order valence-electron chi connectivity index (χ2n) is 3.41. The van der Waals surface area contributed by atoms with Crippen LogP contribution in [0.1, 0.15) is 19.8 Å². The third-order valence-electron chi connectivity index (χ3n) is 2.15. The lowest BCUT2D eigenvalue weighted by molar-refractivity contribution is 0.620. The summed E-state index contributed by atoms with van der Waals surface area (Å²) in [4.78, 5) is 4.40. The fourth-order valence-electron chi connectivity index (χ4n) is 1.49. The van der Waals surface area contributed by atoms with Crippen molar-refractivity contribution in [2.75, 3.05) is 7.05 Å². The van der Waals surface area contributed by atoms with Gasteiger partial charge in [-0.1, -0.05) is 6.58 Å². The summed E-state index contributed by atoms with van der Waals surface area (Å²) in [5.74, 6) is -0.119. The van der Waals surface area contributed by atoms with Crippen molar-refractivity contribution in [3.05, 3.63) is 24.6 Å². The van der Waals surface area contributed by atoms with E-state index >= 15 is 0 Å². The molecule has 0 fully saturated rings. The summed E-state index contributed by atoms with van der Waals surface area (Å²) in [5, 5.41) is 4.06. The molecular formula is C11H16FN3. The first-order valence-corrected chi connectivity index (χ1v) is 4.92. The number of aliphatic imine (C=N–C) groups is 1. The molecule has 0 amide bonds. The van der Waals surface area contributed by atoms with Gasteiger partial charge in [0.05, 0.1) is 11.8 Å². The molecule has 0 aromatic rings. The fraction of sp³-hybridized carbons (Fsp3) is 0.455. The van der Waals surface area contributed by atoms with Crippen molar-refractivity contribution in [2.24, 2.45) is 10.1 Å². The van der Waals surface area contributed by atoms with Crippen LogP contribution in [0.4, 0.5) is 4.39 Å². The van der Waals surface area contributed by atoms with Gasteiger partial charge in [-0.3, -0.25) is 4.99 Å². The summed E-state index contributed by atoms with van der Waals surface area (Å²) in [6, 6.07) is -0.122. The van der Waals surface area contributed by atoms with Crippen molar-refractivity contribution >= 4 is 11.4 Å². The van der Waals surface area contributed by atoms with E-state index in [0.29, 0.717) is 12.8 Å². The number of nitrogens with one attached hydrogen (secondary N) is 1. The SMILES string of the molecule is C=C/C(=N\NC)C1CC=C(F)CC(C)=N1. The molecule has 0 aromatic heterocycles. The Morgan fingerprint density at radius 2 is 2.53 bits per heavy atom. The van der Waals surface area contributed by atoms with Crippen LogP contribution < -0.4 is 5.43 Å². The molecule has 3 nitrogen and oxygen atoms in total. The molecule has 15 heavy (non-hydrogen) atoms. The van der Waals surface area contributed by atoms with E-state index in [0.717, 1.165) is 11.4 Å². The standard InChI is InChI=1S/C11H16FN3/c1-4-10(15-13-3)11-6-5-9(12)7-8(2)14-11/h4-5,11,13H,1,6-7H2,2-3H3/b15-10+. The molecule has 82 valence electrons. The molecule has 0 bridgehead atoms. The van der Waals surface area contributed by atoms with E-state index in [9.17, 15) is 4.39 Å². The molecule has 0 saturated carbocycles. The van der Waals surface area contributed by atoms with Crippen LogP contribution in [0.5, 0.6) is 0 Å². The summed E-state index contributed by atoms with van der Waals surface area (Å²) < 4.78 is 13.1. The smallest absolute Gasteiger partial charge is 0.102 e. The number of nitrogens with zero attached hydrogens (tertiary/aromatic N) is 2. The molecule has 1 aliphatic heterocycles. The Balaban J connectivity index is 2.90. The molecule has 1 aliphatic rings. The Morgan fingerprint density at radius 3 is 3.13 bits per heavy atom. The van der Waals surface area contributed by atoms with Crippen molar-refractivity contribution in [3.63, 3.8) is 0 Å². The van der Waals surface area contributed by atoms with E-state index in [2.05, 4.69) is 22.1 Å². The lowest BCUT2D eigenvalue weighted by Gasteiger charge is -2.09. The van der Waals surface area contributed by atoms with Crippen LogP contribution in [-0.2, 0) is 0 Å². The maximum absolute atomic E-state index is 13.1. The molecule has 0 aromatic carbocycles. The summed E-state index contributed by atoms with van der Waals surface area (Å²) in [6.07, 6.45) is 4.06. The number of hydrogen-bond donors (Lipinski definition) is 1. The van der Waals surface area contributed by atoms with Gasteiger partial charge < -0.3 is 5.43 Å². The van der Waals surface area contributed by atoms with Gasteiger partial charge in [-0.2, -0.15) is 5.10 Å². The molecule has 0 radical (unpaired) electrons. The minimum Gasteiger partial charge on any atom is -0.313 e.